The largest absolute Gasteiger partial charge is 0.508 e. The van der Waals surface area contributed by atoms with Gasteiger partial charge >= 0.3 is 0 Å². The smallest absolute Gasteiger partial charge is 0.296 e. The predicted octanol–water partition coefficient (Wildman–Crippen LogP) is 3.09. The first kappa shape index (κ1) is 16.4. The molecule has 0 spiro atoms. The minimum absolute atomic E-state index is 0.146. The summed E-state index contributed by atoms with van der Waals surface area (Å²) in [7, 11) is 0. The molecule has 0 saturated carbocycles. The molecule has 0 atom stereocenters. The fourth-order valence-corrected chi connectivity index (χ4v) is 2.09. The van der Waals surface area contributed by atoms with Gasteiger partial charge in [0.05, 0.1) is 11.0 Å². The van der Waals surface area contributed by atoms with Crippen molar-refractivity contribution in [3.63, 3.8) is 0 Å². The molecule has 0 amide bonds. The van der Waals surface area contributed by atoms with Crippen molar-refractivity contribution in [1.82, 2.24) is 4.57 Å². The van der Waals surface area contributed by atoms with E-state index in [0.29, 0.717) is 17.1 Å². The number of pyridine rings is 1. The standard InChI is InChI=1S/C13H12N2O4.C2H6/c1-8-5-11(17)6-9(2)14(8)12-4-3-10(16)7-13(12)15(18)19;1-2/h3-7,16H,1-2H3;1-2H3. The first-order chi connectivity index (χ1) is 9.90. The average molecular weight is 290 g/mol. The number of phenolic OH excluding ortho intramolecular Hbond substituents is 1. The van der Waals surface area contributed by atoms with Crippen LogP contribution in [0.15, 0.2) is 35.1 Å². The zero-order valence-electron chi connectivity index (χ0n) is 12.5. The average Bonchev–Trinajstić information content (AvgIpc) is 2.41. The number of aryl methyl sites for hydroxylation is 2. The summed E-state index contributed by atoms with van der Waals surface area (Å²) in [5, 5.41) is 20.4. The Balaban J connectivity index is 0.00000106. The minimum atomic E-state index is -0.563. The highest BCUT2D eigenvalue weighted by Gasteiger charge is 2.18. The van der Waals surface area contributed by atoms with Crippen molar-refractivity contribution in [2.24, 2.45) is 0 Å². The van der Waals surface area contributed by atoms with Crippen LogP contribution in [0.2, 0.25) is 0 Å². The lowest BCUT2D eigenvalue weighted by molar-refractivity contribution is -0.384. The summed E-state index contributed by atoms with van der Waals surface area (Å²) in [6.45, 7) is 7.40. The maximum Gasteiger partial charge on any atom is 0.296 e. The van der Waals surface area contributed by atoms with Gasteiger partial charge in [-0.15, -0.1) is 0 Å². The number of nitro groups is 1. The topological polar surface area (TPSA) is 85.4 Å². The van der Waals surface area contributed by atoms with Gasteiger partial charge in [-0.05, 0) is 26.0 Å². The Hall–Kier alpha value is -2.63. The minimum Gasteiger partial charge on any atom is -0.508 e. The van der Waals surface area contributed by atoms with Crippen LogP contribution in [0, 0.1) is 24.0 Å². The van der Waals surface area contributed by atoms with Crippen LogP contribution in [0.4, 0.5) is 5.69 Å². The number of aromatic hydroxyl groups is 1. The van der Waals surface area contributed by atoms with E-state index in [-0.39, 0.29) is 16.9 Å². The summed E-state index contributed by atoms with van der Waals surface area (Å²) in [5.74, 6) is -0.174. The Bertz CT molecular complexity index is 694. The highest BCUT2D eigenvalue weighted by Crippen LogP contribution is 2.28. The molecule has 2 aromatic rings. The summed E-state index contributed by atoms with van der Waals surface area (Å²) in [6.07, 6.45) is 0. The molecule has 6 nitrogen and oxygen atoms in total. The summed E-state index contributed by atoms with van der Waals surface area (Å²) >= 11 is 0. The predicted molar refractivity (Wildman–Crippen MR) is 81.2 cm³/mol. The molecule has 2 rings (SSSR count). The molecule has 0 aliphatic carbocycles. The molecule has 1 N–H and O–H groups in total. The Morgan fingerprint density at radius 1 is 1.10 bits per heavy atom. The third-order valence-corrected chi connectivity index (χ3v) is 2.80. The van der Waals surface area contributed by atoms with Crippen molar-refractivity contribution in [1.29, 1.82) is 0 Å². The molecule has 0 bridgehead atoms. The van der Waals surface area contributed by atoms with Gasteiger partial charge in [0, 0.05) is 23.5 Å². The number of nitro benzene ring substituents is 1. The summed E-state index contributed by atoms with van der Waals surface area (Å²) in [6, 6.07) is 6.73. The number of benzene rings is 1. The molecule has 1 aromatic carbocycles. The number of hydrogen-bond acceptors (Lipinski definition) is 4. The maximum absolute atomic E-state index is 11.4. The second-order valence-electron chi connectivity index (χ2n) is 4.24. The maximum atomic E-state index is 11.4. The van der Waals surface area contributed by atoms with Crippen molar-refractivity contribution in [3.8, 4) is 11.4 Å². The fraction of sp³-hybridized carbons (Fsp3) is 0.267. The Kier molecular flexibility index (Phi) is 5.24. The number of rotatable bonds is 2. The van der Waals surface area contributed by atoms with Gasteiger partial charge in [-0.2, -0.15) is 0 Å². The molecule has 1 heterocycles. The van der Waals surface area contributed by atoms with Crippen molar-refractivity contribution in [2.45, 2.75) is 27.7 Å². The van der Waals surface area contributed by atoms with E-state index in [0.717, 1.165) is 6.07 Å². The third kappa shape index (κ3) is 3.47. The van der Waals surface area contributed by atoms with Crippen molar-refractivity contribution in [2.75, 3.05) is 0 Å². The molecule has 0 aliphatic rings. The van der Waals surface area contributed by atoms with E-state index in [1.165, 1.54) is 24.3 Å². The van der Waals surface area contributed by atoms with Gasteiger partial charge in [-0.1, -0.05) is 13.8 Å². The summed E-state index contributed by atoms with van der Waals surface area (Å²) in [4.78, 5) is 21.9. The molecule has 0 unspecified atom stereocenters. The van der Waals surface area contributed by atoms with Crippen LogP contribution < -0.4 is 5.43 Å². The lowest BCUT2D eigenvalue weighted by Crippen LogP contribution is -2.12. The highest BCUT2D eigenvalue weighted by atomic mass is 16.6. The van der Waals surface area contributed by atoms with E-state index >= 15 is 0 Å². The van der Waals surface area contributed by atoms with Crippen LogP contribution in [-0.4, -0.2) is 14.6 Å². The van der Waals surface area contributed by atoms with E-state index in [1.807, 2.05) is 13.8 Å². The zero-order valence-corrected chi connectivity index (χ0v) is 12.5. The Morgan fingerprint density at radius 2 is 1.62 bits per heavy atom. The second-order valence-corrected chi connectivity index (χ2v) is 4.24. The van der Waals surface area contributed by atoms with Crippen LogP contribution in [-0.2, 0) is 0 Å². The fourth-order valence-electron chi connectivity index (χ4n) is 2.09. The van der Waals surface area contributed by atoms with Crippen molar-refractivity contribution >= 4 is 5.69 Å². The molecule has 112 valence electrons. The quantitative estimate of drug-likeness (QED) is 0.680. The second kappa shape index (κ2) is 6.69. The SMILES string of the molecule is CC.Cc1cc(=O)cc(C)n1-c1ccc(O)cc1[N+](=O)[O-]. The number of phenols is 1. The summed E-state index contributed by atoms with van der Waals surface area (Å²) in [5.41, 5.74) is 1.15. The number of nitrogens with zero attached hydrogens (tertiary/aromatic N) is 2. The van der Waals surface area contributed by atoms with Gasteiger partial charge in [-0.25, -0.2) is 0 Å². The van der Waals surface area contributed by atoms with Crippen LogP contribution in [0.25, 0.3) is 5.69 Å². The molecule has 6 heteroatoms. The highest BCUT2D eigenvalue weighted by molar-refractivity contribution is 5.57. The monoisotopic (exact) mass is 290 g/mol. The number of aromatic nitrogens is 1. The van der Waals surface area contributed by atoms with Crippen LogP contribution in [0.5, 0.6) is 5.75 Å². The molecule has 0 radical (unpaired) electrons. The molecular weight excluding hydrogens is 272 g/mol. The molecule has 0 aliphatic heterocycles. The normalized spacial score (nSPS) is 9.71. The zero-order chi connectivity index (χ0) is 16.2. The van der Waals surface area contributed by atoms with Crippen LogP contribution in [0.1, 0.15) is 25.2 Å². The molecule has 0 saturated heterocycles. The summed E-state index contributed by atoms with van der Waals surface area (Å²) < 4.78 is 1.61. The van der Waals surface area contributed by atoms with E-state index in [1.54, 1.807) is 18.4 Å². The lowest BCUT2D eigenvalue weighted by Gasteiger charge is -2.14. The first-order valence-corrected chi connectivity index (χ1v) is 6.58. The van der Waals surface area contributed by atoms with Gasteiger partial charge in [0.2, 0.25) is 0 Å². The van der Waals surface area contributed by atoms with Gasteiger partial charge in [0.15, 0.2) is 5.43 Å². The van der Waals surface area contributed by atoms with Crippen LogP contribution in [0.3, 0.4) is 0 Å². The van der Waals surface area contributed by atoms with Gasteiger partial charge < -0.3 is 9.67 Å². The van der Waals surface area contributed by atoms with Crippen molar-refractivity contribution in [3.05, 3.63) is 62.1 Å². The van der Waals surface area contributed by atoms with E-state index in [4.69, 9.17) is 0 Å². The van der Waals surface area contributed by atoms with Gasteiger partial charge in [0.25, 0.3) is 5.69 Å². The van der Waals surface area contributed by atoms with Crippen LogP contribution >= 0.6 is 0 Å². The van der Waals surface area contributed by atoms with Gasteiger partial charge in [-0.3, -0.25) is 14.9 Å². The Morgan fingerprint density at radius 3 is 2.10 bits per heavy atom. The molecule has 21 heavy (non-hydrogen) atoms. The van der Waals surface area contributed by atoms with Gasteiger partial charge in [0.1, 0.15) is 11.4 Å². The van der Waals surface area contributed by atoms with E-state index < -0.39 is 4.92 Å². The molecule has 0 fully saturated rings. The molecule has 1 aromatic heterocycles. The van der Waals surface area contributed by atoms with Crippen molar-refractivity contribution < 1.29 is 10.0 Å². The van der Waals surface area contributed by atoms with E-state index in [2.05, 4.69) is 0 Å². The number of hydrogen-bond donors (Lipinski definition) is 1. The van der Waals surface area contributed by atoms with E-state index in [9.17, 15) is 20.0 Å². The lowest BCUT2D eigenvalue weighted by atomic mass is 10.2. The third-order valence-electron chi connectivity index (χ3n) is 2.80. The molecular formula is C15H18N2O4. The first-order valence-electron chi connectivity index (χ1n) is 6.58. The Labute approximate surface area is 122 Å².